The molecule has 0 atom stereocenters. The van der Waals surface area contributed by atoms with Gasteiger partial charge in [0.1, 0.15) is 0 Å². The van der Waals surface area contributed by atoms with Crippen LogP contribution in [0, 0.1) is 0 Å². The van der Waals surface area contributed by atoms with Crippen molar-refractivity contribution in [3.8, 4) is 0 Å². The van der Waals surface area contributed by atoms with E-state index in [0.29, 0.717) is 6.54 Å². The summed E-state index contributed by atoms with van der Waals surface area (Å²) in [4.78, 5) is 15.9. The molecule has 0 spiro atoms. The third kappa shape index (κ3) is 3.17. The molecular formula is C13H21BrN4O. The van der Waals surface area contributed by atoms with E-state index >= 15 is 0 Å². The summed E-state index contributed by atoms with van der Waals surface area (Å²) in [6.07, 6.45) is 1.94. The molecule has 0 aliphatic carbocycles. The SMILES string of the molecule is CCc1nn(C)c(CN2CCCN(C)C(=O)C2)c1Br. The number of likely N-dealkylation sites (N-methyl/N-ethyl adjacent to an activating group) is 1. The van der Waals surface area contributed by atoms with Crippen molar-refractivity contribution in [2.75, 3.05) is 26.7 Å². The molecule has 1 amide bonds. The van der Waals surface area contributed by atoms with Crippen LogP contribution >= 0.6 is 15.9 Å². The first-order chi connectivity index (χ1) is 9.02. The molecule has 0 saturated carbocycles. The van der Waals surface area contributed by atoms with E-state index in [1.54, 1.807) is 0 Å². The van der Waals surface area contributed by atoms with Gasteiger partial charge in [-0.05, 0) is 28.8 Å². The highest BCUT2D eigenvalue weighted by atomic mass is 79.9. The summed E-state index contributed by atoms with van der Waals surface area (Å²) in [5, 5.41) is 4.50. The molecule has 1 aromatic rings. The van der Waals surface area contributed by atoms with E-state index in [1.165, 1.54) is 0 Å². The predicted octanol–water partition coefficient (Wildman–Crippen LogP) is 1.41. The second kappa shape index (κ2) is 6.05. The fourth-order valence-electron chi connectivity index (χ4n) is 2.39. The van der Waals surface area contributed by atoms with Crippen molar-refractivity contribution in [3.05, 3.63) is 15.9 Å². The number of aryl methyl sites for hydroxylation is 2. The van der Waals surface area contributed by atoms with Gasteiger partial charge in [0.25, 0.3) is 0 Å². The van der Waals surface area contributed by atoms with E-state index in [-0.39, 0.29) is 5.91 Å². The molecule has 1 saturated heterocycles. The number of aromatic nitrogens is 2. The Balaban J connectivity index is 2.12. The Hall–Kier alpha value is -0.880. The molecule has 5 nitrogen and oxygen atoms in total. The van der Waals surface area contributed by atoms with Gasteiger partial charge >= 0.3 is 0 Å². The Bertz CT molecular complexity index is 471. The number of rotatable bonds is 3. The smallest absolute Gasteiger partial charge is 0.236 e. The summed E-state index contributed by atoms with van der Waals surface area (Å²) in [6, 6.07) is 0. The summed E-state index contributed by atoms with van der Waals surface area (Å²) in [7, 11) is 3.84. The number of carbonyl (C=O) groups is 1. The van der Waals surface area contributed by atoms with Crippen molar-refractivity contribution in [3.63, 3.8) is 0 Å². The van der Waals surface area contributed by atoms with E-state index in [9.17, 15) is 4.79 Å². The van der Waals surface area contributed by atoms with Crippen LogP contribution in [0.15, 0.2) is 4.47 Å². The van der Waals surface area contributed by atoms with Gasteiger partial charge < -0.3 is 4.90 Å². The Morgan fingerprint density at radius 1 is 1.32 bits per heavy atom. The van der Waals surface area contributed by atoms with Gasteiger partial charge in [0.15, 0.2) is 0 Å². The molecule has 1 aliphatic rings. The molecule has 1 aromatic heterocycles. The third-order valence-corrected chi connectivity index (χ3v) is 4.54. The molecule has 0 unspecified atom stereocenters. The Kier molecular flexibility index (Phi) is 4.62. The van der Waals surface area contributed by atoms with E-state index in [1.807, 2.05) is 23.7 Å². The number of halogens is 1. The Morgan fingerprint density at radius 3 is 2.68 bits per heavy atom. The minimum atomic E-state index is 0.200. The normalized spacial score (nSPS) is 17.9. The zero-order chi connectivity index (χ0) is 14.0. The molecule has 2 heterocycles. The first-order valence-electron chi connectivity index (χ1n) is 6.69. The average molecular weight is 329 g/mol. The van der Waals surface area contributed by atoms with Gasteiger partial charge in [0.05, 0.1) is 22.4 Å². The topological polar surface area (TPSA) is 41.4 Å². The lowest BCUT2D eigenvalue weighted by Crippen LogP contribution is -2.34. The molecule has 19 heavy (non-hydrogen) atoms. The molecule has 0 aromatic carbocycles. The lowest BCUT2D eigenvalue weighted by Gasteiger charge is -2.19. The molecule has 1 fully saturated rings. The number of carbonyl (C=O) groups excluding carboxylic acids is 1. The minimum absolute atomic E-state index is 0.200. The molecule has 106 valence electrons. The van der Waals surface area contributed by atoms with Gasteiger partial charge in [-0.15, -0.1) is 0 Å². The minimum Gasteiger partial charge on any atom is -0.345 e. The largest absolute Gasteiger partial charge is 0.345 e. The fraction of sp³-hybridized carbons (Fsp3) is 0.692. The zero-order valence-electron chi connectivity index (χ0n) is 11.8. The van der Waals surface area contributed by atoms with Crippen LogP contribution in [0.5, 0.6) is 0 Å². The second-order valence-corrected chi connectivity index (χ2v) is 5.86. The Labute approximate surface area is 122 Å². The van der Waals surface area contributed by atoms with Gasteiger partial charge in [-0.3, -0.25) is 14.4 Å². The summed E-state index contributed by atoms with van der Waals surface area (Å²) in [6.45, 7) is 5.16. The number of amides is 1. The lowest BCUT2D eigenvalue weighted by atomic mass is 10.3. The first kappa shape index (κ1) is 14.5. The molecular weight excluding hydrogens is 308 g/mol. The van der Waals surface area contributed by atoms with E-state index < -0.39 is 0 Å². The molecule has 6 heteroatoms. The van der Waals surface area contributed by atoms with Crippen LogP contribution < -0.4 is 0 Å². The summed E-state index contributed by atoms with van der Waals surface area (Å²) in [5.41, 5.74) is 2.23. The van der Waals surface area contributed by atoms with Crippen molar-refractivity contribution in [1.82, 2.24) is 19.6 Å². The molecule has 2 rings (SSSR count). The van der Waals surface area contributed by atoms with Gasteiger partial charge in [0.2, 0.25) is 5.91 Å². The van der Waals surface area contributed by atoms with Crippen LogP contribution in [-0.2, 0) is 24.8 Å². The Morgan fingerprint density at radius 2 is 2.05 bits per heavy atom. The van der Waals surface area contributed by atoms with Gasteiger partial charge in [-0.2, -0.15) is 5.10 Å². The van der Waals surface area contributed by atoms with Crippen LogP contribution in [0.4, 0.5) is 0 Å². The van der Waals surface area contributed by atoms with Gasteiger partial charge in [-0.25, -0.2) is 0 Å². The fourth-order valence-corrected chi connectivity index (χ4v) is 3.13. The monoisotopic (exact) mass is 328 g/mol. The predicted molar refractivity (Wildman–Crippen MR) is 77.8 cm³/mol. The van der Waals surface area contributed by atoms with Crippen molar-refractivity contribution < 1.29 is 4.79 Å². The summed E-state index contributed by atoms with van der Waals surface area (Å²) < 4.78 is 3.00. The first-order valence-corrected chi connectivity index (χ1v) is 7.48. The van der Waals surface area contributed by atoms with Crippen molar-refractivity contribution in [2.24, 2.45) is 7.05 Å². The summed E-state index contributed by atoms with van der Waals surface area (Å²) >= 11 is 3.63. The summed E-state index contributed by atoms with van der Waals surface area (Å²) in [5.74, 6) is 0.200. The molecule has 0 radical (unpaired) electrons. The number of hydrogen-bond donors (Lipinski definition) is 0. The van der Waals surface area contributed by atoms with E-state index in [2.05, 4.69) is 32.9 Å². The lowest BCUT2D eigenvalue weighted by molar-refractivity contribution is -0.130. The second-order valence-electron chi connectivity index (χ2n) is 5.06. The molecule has 1 aliphatic heterocycles. The highest BCUT2D eigenvalue weighted by Crippen LogP contribution is 2.23. The highest BCUT2D eigenvalue weighted by Gasteiger charge is 2.21. The maximum atomic E-state index is 11.9. The molecule has 0 N–H and O–H groups in total. The van der Waals surface area contributed by atoms with Gasteiger partial charge in [-0.1, -0.05) is 6.92 Å². The van der Waals surface area contributed by atoms with Crippen LogP contribution in [-0.4, -0.2) is 52.2 Å². The highest BCUT2D eigenvalue weighted by molar-refractivity contribution is 9.10. The average Bonchev–Trinajstić information content (AvgIpc) is 2.54. The molecule has 0 bridgehead atoms. The van der Waals surface area contributed by atoms with Gasteiger partial charge in [0, 0.05) is 33.7 Å². The van der Waals surface area contributed by atoms with Crippen molar-refractivity contribution in [2.45, 2.75) is 26.3 Å². The van der Waals surface area contributed by atoms with Crippen molar-refractivity contribution >= 4 is 21.8 Å². The van der Waals surface area contributed by atoms with E-state index in [4.69, 9.17) is 0 Å². The van der Waals surface area contributed by atoms with Crippen LogP contribution in [0.1, 0.15) is 24.7 Å². The zero-order valence-corrected chi connectivity index (χ0v) is 13.4. The van der Waals surface area contributed by atoms with Crippen LogP contribution in [0.2, 0.25) is 0 Å². The maximum Gasteiger partial charge on any atom is 0.236 e. The van der Waals surface area contributed by atoms with E-state index in [0.717, 1.165) is 48.3 Å². The van der Waals surface area contributed by atoms with Crippen LogP contribution in [0.3, 0.4) is 0 Å². The maximum absolute atomic E-state index is 11.9. The number of hydrogen-bond acceptors (Lipinski definition) is 3. The van der Waals surface area contributed by atoms with Crippen LogP contribution in [0.25, 0.3) is 0 Å². The third-order valence-electron chi connectivity index (χ3n) is 3.63. The standard InChI is InChI=1S/C13H21BrN4O/c1-4-10-13(14)11(17(3)15-10)8-18-7-5-6-16(2)12(19)9-18/h4-9H2,1-3H3. The quantitative estimate of drug-likeness (QED) is 0.842. The number of nitrogens with zero attached hydrogens (tertiary/aromatic N) is 4. The van der Waals surface area contributed by atoms with Crippen molar-refractivity contribution in [1.29, 1.82) is 0 Å².